The Hall–Kier alpha value is -3.28. The van der Waals surface area contributed by atoms with Gasteiger partial charge in [-0.25, -0.2) is 4.98 Å². The maximum absolute atomic E-state index is 12.4. The molecule has 0 radical (unpaired) electrons. The van der Waals surface area contributed by atoms with Crippen LogP contribution in [0.3, 0.4) is 0 Å². The van der Waals surface area contributed by atoms with E-state index in [9.17, 15) is 4.79 Å². The second-order valence-electron chi connectivity index (χ2n) is 7.52. The molecular weight excluding hydrogens is 362 g/mol. The van der Waals surface area contributed by atoms with Gasteiger partial charge in [0.2, 0.25) is 0 Å². The third kappa shape index (κ3) is 4.96. The average molecular weight is 387 g/mol. The zero-order chi connectivity index (χ0) is 20.1. The first-order valence-corrected chi connectivity index (χ1v) is 10.0. The number of carbonyl (C=O) groups is 1. The van der Waals surface area contributed by atoms with Crippen LogP contribution in [-0.4, -0.2) is 34.2 Å². The minimum atomic E-state index is -0.302. The number of hydrogen-bond donors (Lipinski definition) is 1. The van der Waals surface area contributed by atoms with Crippen molar-refractivity contribution in [2.45, 2.75) is 26.2 Å². The van der Waals surface area contributed by atoms with E-state index < -0.39 is 0 Å². The largest absolute Gasteiger partial charge is 0.355 e. The minimum absolute atomic E-state index is 0.288. The third-order valence-corrected chi connectivity index (χ3v) is 5.32. The number of amides is 1. The lowest BCUT2D eigenvalue weighted by Gasteiger charge is -2.32. The summed E-state index contributed by atoms with van der Waals surface area (Å²) in [5, 5.41) is 11.2. The summed E-state index contributed by atoms with van der Waals surface area (Å²) in [4.78, 5) is 18.9. The fourth-order valence-corrected chi connectivity index (χ4v) is 3.72. The predicted molar refractivity (Wildman–Crippen MR) is 114 cm³/mol. The number of aryl methyl sites for hydroxylation is 1. The molecule has 3 heterocycles. The van der Waals surface area contributed by atoms with Crippen LogP contribution in [0.1, 0.15) is 34.6 Å². The molecule has 1 amide bonds. The van der Waals surface area contributed by atoms with Crippen molar-refractivity contribution in [2.24, 2.45) is 5.92 Å². The summed E-state index contributed by atoms with van der Waals surface area (Å²) in [5.74, 6) is 1.74. The van der Waals surface area contributed by atoms with Crippen molar-refractivity contribution < 1.29 is 4.79 Å². The van der Waals surface area contributed by atoms with E-state index in [0.29, 0.717) is 11.7 Å². The van der Waals surface area contributed by atoms with E-state index in [-0.39, 0.29) is 11.6 Å². The second-order valence-corrected chi connectivity index (χ2v) is 7.52. The van der Waals surface area contributed by atoms with Gasteiger partial charge in [-0.1, -0.05) is 36.4 Å². The number of pyridine rings is 1. The minimum Gasteiger partial charge on any atom is -0.355 e. The van der Waals surface area contributed by atoms with E-state index in [0.717, 1.165) is 43.9 Å². The quantitative estimate of drug-likeness (QED) is 0.719. The first kappa shape index (κ1) is 19.1. The zero-order valence-electron chi connectivity index (χ0n) is 16.6. The third-order valence-electron chi connectivity index (χ3n) is 5.32. The SMILES string of the molecule is Cc1cccc(NC(=O)c2ccc(N3CCC(Cc4ccccc4)CC3)nn2)n1. The molecule has 6 nitrogen and oxygen atoms in total. The van der Waals surface area contributed by atoms with Crippen molar-refractivity contribution in [1.29, 1.82) is 0 Å². The van der Waals surface area contributed by atoms with Crippen molar-refractivity contribution in [3.63, 3.8) is 0 Å². The van der Waals surface area contributed by atoms with E-state index in [2.05, 4.69) is 55.7 Å². The molecule has 0 aliphatic carbocycles. The maximum Gasteiger partial charge on any atom is 0.277 e. The molecule has 4 rings (SSSR count). The monoisotopic (exact) mass is 387 g/mol. The number of rotatable bonds is 5. The molecular formula is C23H25N5O. The molecule has 148 valence electrons. The van der Waals surface area contributed by atoms with Crippen LogP contribution in [0.2, 0.25) is 0 Å². The summed E-state index contributed by atoms with van der Waals surface area (Å²) in [6.07, 6.45) is 3.40. The Bertz CT molecular complexity index is 951. The molecule has 1 aliphatic rings. The second kappa shape index (κ2) is 8.82. The summed E-state index contributed by atoms with van der Waals surface area (Å²) in [6, 6.07) is 19.8. The van der Waals surface area contributed by atoms with Crippen LogP contribution in [-0.2, 0) is 6.42 Å². The fraction of sp³-hybridized carbons (Fsp3) is 0.304. The molecule has 1 aliphatic heterocycles. The van der Waals surface area contributed by atoms with Gasteiger partial charge in [0.1, 0.15) is 5.82 Å². The number of carbonyl (C=O) groups excluding carboxylic acids is 1. The number of aromatic nitrogens is 3. The van der Waals surface area contributed by atoms with Gasteiger partial charge in [0.15, 0.2) is 11.5 Å². The van der Waals surface area contributed by atoms with Crippen molar-refractivity contribution >= 4 is 17.5 Å². The van der Waals surface area contributed by atoms with Crippen molar-refractivity contribution in [3.8, 4) is 0 Å². The van der Waals surface area contributed by atoms with Gasteiger partial charge in [-0.05, 0) is 61.9 Å². The lowest BCUT2D eigenvalue weighted by molar-refractivity contribution is 0.102. The smallest absolute Gasteiger partial charge is 0.277 e. The summed E-state index contributed by atoms with van der Waals surface area (Å²) in [5.41, 5.74) is 2.54. The van der Waals surface area contributed by atoms with Gasteiger partial charge in [0, 0.05) is 18.8 Å². The van der Waals surface area contributed by atoms with Crippen molar-refractivity contribution in [1.82, 2.24) is 15.2 Å². The van der Waals surface area contributed by atoms with E-state index >= 15 is 0 Å². The standard InChI is InChI=1S/C23H25N5O/c1-17-6-5-9-21(24-17)25-23(29)20-10-11-22(27-26-20)28-14-12-19(13-15-28)16-18-7-3-2-4-8-18/h2-11,19H,12-16H2,1H3,(H,24,25,29). The molecule has 1 aromatic carbocycles. The van der Waals surface area contributed by atoms with Crippen LogP contribution in [0.25, 0.3) is 0 Å². The van der Waals surface area contributed by atoms with Crippen LogP contribution >= 0.6 is 0 Å². The van der Waals surface area contributed by atoms with Crippen molar-refractivity contribution in [3.05, 3.63) is 77.6 Å². The Kier molecular flexibility index (Phi) is 5.79. The first-order chi connectivity index (χ1) is 14.2. The van der Waals surface area contributed by atoms with Gasteiger partial charge < -0.3 is 10.2 Å². The van der Waals surface area contributed by atoms with Crippen LogP contribution in [0, 0.1) is 12.8 Å². The lowest BCUT2D eigenvalue weighted by Crippen LogP contribution is -2.35. The Morgan fingerprint density at radius 2 is 1.79 bits per heavy atom. The van der Waals surface area contributed by atoms with Gasteiger partial charge in [-0.2, -0.15) is 0 Å². The van der Waals surface area contributed by atoms with Crippen LogP contribution in [0.15, 0.2) is 60.7 Å². The zero-order valence-corrected chi connectivity index (χ0v) is 16.6. The molecule has 0 spiro atoms. The molecule has 0 atom stereocenters. The number of benzene rings is 1. The first-order valence-electron chi connectivity index (χ1n) is 10.0. The number of piperidine rings is 1. The van der Waals surface area contributed by atoms with E-state index in [1.807, 2.05) is 25.1 Å². The molecule has 0 saturated carbocycles. The summed E-state index contributed by atoms with van der Waals surface area (Å²) < 4.78 is 0. The lowest BCUT2D eigenvalue weighted by atomic mass is 9.90. The van der Waals surface area contributed by atoms with Gasteiger partial charge in [-0.3, -0.25) is 4.79 Å². The fourth-order valence-electron chi connectivity index (χ4n) is 3.72. The van der Waals surface area contributed by atoms with Gasteiger partial charge >= 0.3 is 0 Å². The maximum atomic E-state index is 12.4. The number of hydrogen-bond acceptors (Lipinski definition) is 5. The Morgan fingerprint density at radius 1 is 1.00 bits per heavy atom. The normalized spacial score (nSPS) is 14.6. The number of nitrogens with one attached hydrogen (secondary N) is 1. The summed E-state index contributed by atoms with van der Waals surface area (Å²) >= 11 is 0. The Balaban J connectivity index is 1.32. The molecule has 1 fully saturated rings. The Morgan fingerprint density at radius 3 is 2.48 bits per heavy atom. The van der Waals surface area contributed by atoms with Crippen molar-refractivity contribution in [2.75, 3.05) is 23.3 Å². The highest BCUT2D eigenvalue weighted by molar-refractivity contribution is 6.02. The topological polar surface area (TPSA) is 71.0 Å². The average Bonchev–Trinajstić information content (AvgIpc) is 2.75. The van der Waals surface area contributed by atoms with E-state index in [1.54, 1.807) is 12.1 Å². The number of nitrogens with zero attached hydrogens (tertiary/aromatic N) is 4. The molecule has 29 heavy (non-hydrogen) atoms. The molecule has 1 N–H and O–H groups in total. The molecule has 1 saturated heterocycles. The molecule has 3 aromatic rings. The Labute approximate surface area is 171 Å². The van der Waals surface area contributed by atoms with Gasteiger partial charge in [0.05, 0.1) is 0 Å². The van der Waals surface area contributed by atoms with Gasteiger partial charge in [0.25, 0.3) is 5.91 Å². The summed E-state index contributed by atoms with van der Waals surface area (Å²) in [6.45, 7) is 3.81. The highest BCUT2D eigenvalue weighted by Crippen LogP contribution is 2.24. The highest BCUT2D eigenvalue weighted by atomic mass is 16.2. The summed E-state index contributed by atoms with van der Waals surface area (Å²) in [7, 11) is 0. The number of anilines is 2. The molecule has 6 heteroatoms. The van der Waals surface area contributed by atoms with Crippen LogP contribution < -0.4 is 10.2 Å². The van der Waals surface area contributed by atoms with Gasteiger partial charge in [-0.15, -0.1) is 10.2 Å². The molecule has 0 unspecified atom stereocenters. The van der Waals surface area contributed by atoms with E-state index in [4.69, 9.17) is 0 Å². The van der Waals surface area contributed by atoms with Crippen LogP contribution in [0.5, 0.6) is 0 Å². The van der Waals surface area contributed by atoms with Crippen LogP contribution in [0.4, 0.5) is 11.6 Å². The predicted octanol–water partition coefficient (Wildman–Crippen LogP) is 3.89. The highest BCUT2D eigenvalue weighted by Gasteiger charge is 2.21. The van der Waals surface area contributed by atoms with E-state index in [1.165, 1.54) is 5.56 Å². The molecule has 0 bridgehead atoms. The molecule has 2 aromatic heterocycles.